The molecule has 0 unspecified atom stereocenters. The van der Waals surface area contributed by atoms with E-state index in [-0.39, 0.29) is 17.0 Å². The molecule has 1 amide bonds. The summed E-state index contributed by atoms with van der Waals surface area (Å²) in [7, 11) is 0. The zero-order valence-electron chi connectivity index (χ0n) is 15.2. The number of carbonyl (C=O) groups excluding carboxylic acids is 1. The number of fused-ring (bicyclic) bond motifs is 1. The van der Waals surface area contributed by atoms with Gasteiger partial charge in [0.15, 0.2) is 0 Å². The van der Waals surface area contributed by atoms with Crippen molar-refractivity contribution in [3.63, 3.8) is 0 Å². The normalized spacial score (nSPS) is 10.8. The molecule has 0 spiro atoms. The molecule has 2 N–H and O–H groups in total. The monoisotopic (exact) mass is 405 g/mol. The van der Waals surface area contributed by atoms with Crippen LogP contribution in [0, 0.1) is 17.0 Å². The van der Waals surface area contributed by atoms with E-state index in [0.717, 1.165) is 10.2 Å². The molecule has 7 nitrogen and oxygen atoms in total. The molecule has 144 valence electrons. The molecule has 4 rings (SSSR count). The van der Waals surface area contributed by atoms with Crippen molar-refractivity contribution >= 4 is 38.8 Å². The number of aryl methyl sites for hydroxylation is 1. The van der Waals surface area contributed by atoms with Gasteiger partial charge >= 0.3 is 0 Å². The van der Waals surface area contributed by atoms with Gasteiger partial charge in [0.1, 0.15) is 10.8 Å². The number of aromatic hydroxyl groups is 1. The summed E-state index contributed by atoms with van der Waals surface area (Å²) in [4.78, 5) is 27.7. The molecule has 0 aliphatic rings. The van der Waals surface area contributed by atoms with Crippen LogP contribution in [-0.4, -0.2) is 20.9 Å². The predicted molar refractivity (Wildman–Crippen MR) is 113 cm³/mol. The maximum Gasteiger partial charge on any atom is 0.273 e. The van der Waals surface area contributed by atoms with Crippen LogP contribution < -0.4 is 5.32 Å². The van der Waals surface area contributed by atoms with E-state index < -0.39 is 10.8 Å². The third-order valence-corrected chi connectivity index (χ3v) is 5.52. The fourth-order valence-corrected chi connectivity index (χ4v) is 3.91. The summed E-state index contributed by atoms with van der Waals surface area (Å²) in [5.74, 6) is -0.429. The van der Waals surface area contributed by atoms with Gasteiger partial charge in [0.25, 0.3) is 11.6 Å². The maximum atomic E-state index is 12.6. The van der Waals surface area contributed by atoms with E-state index in [9.17, 15) is 20.0 Å². The Hall–Kier alpha value is -3.78. The van der Waals surface area contributed by atoms with E-state index in [1.165, 1.54) is 35.6 Å². The number of nitrogens with one attached hydrogen (secondary N) is 1. The molecule has 0 bridgehead atoms. The molecule has 8 heteroatoms. The van der Waals surface area contributed by atoms with Gasteiger partial charge in [-0.2, -0.15) is 0 Å². The minimum Gasteiger partial charge on any atom is -0.507 e. The molecule has 4 aromatic rings. The van der Waals surface area contributed by atoms with Crippen LogP contribution in [-0.2, 0) is 0 Å². The number of anilines is 1. The minimum absolute atomic E-state index is 0.0491. The van der Waals surface area contributed by atoms with Gasteiger partial charge in [0.2, 0.25) is 0 Å². The lowest BCUT2D eigenvalue weighted by Gasteiger charge is -2.08. The number of nitro benzene ring substituents is 1. The molecule has 0 aliphatic carbocycles. The molecule has 0 aliphatic heterocycles. The Labute approximate surface area is 169 Å². The van der Waals surface area contributed by atoms with Crippen LogP contribution in [0.15, 0.2) is 60.7 Å². The van der Waals surface area contributed by atoms with Crippen molar-refractivity contribution < 1.29 is 14.8 Å². The first-order chi connectivity index (χ1) is 13.9. The number of phenols is 1. The molecule has 1 aromatic heterocycles. The highest BCUT2D eigenvalue weighted by molar-refractivity contribution is 7.21. The molecule has 0 atom stereocenters. The summed E-state index contributed by atoms with van der Waals surface area (Å²) < 4.78 is 0.989. The highest BCUT2D eigenvalue weighted by Crippen LogP contribution is 2.36. The lowest BCUT2D eigenvalue weighted by Crippen LogP contribution is -2.12. The smallest absolute Gasteiger partial charge is 0.273 e. The SMILES string of the molecule is Cc1ccc(C(=O)Nc2ccc(O)c(-c3nc4ccccc4s3)c2)cc1[N+](=O)[O-]. The van der Waals surface area contributed by atoms with Crippen LogP contribution in [0.4, 0.5) is 11.4 Å². The van der Waals surface area contributed by atoms with Crippen LogP contribution in [0.5, 0.6) is 5.75 Å². The molecule has 0 radical (unpaired) electrons. The number of carbonyl (C=O) groups is 1. The van der Waals surface area contributed by atoms with Gasteiger partial charge in [0, 0.05) is 22.9 Å². The predicted octanol–water partition coefficient (Wildman–Crippen LogP) is 5.14. The van der Waals surface area contributed by atoms with Gasteiger partial charge < -0.3 is 10.4 Å². The quantitative estimate of drug-likeness (QED) is 0.278. The molecule has 29 heavy (non-hydrogen) atoms. The lowest BCUT2D eigenvalue weighted by molar-refractivity contribution is -0.385. The summed E-state index contributed by atoms with van der Waals surface area (Å²) in [6.45, 7) is 1.62. The Morgan fingerprint density at radius 1 is 1.14 bits per heavy atom. The van der Waals surface area contributed by atoms with E-state index in [2.05, 4.69) is 10.3 Å². The second-order valence-electron chi connectivity index (χ2n) is 6.43. The van der Waals surface area contributed by atoms with Crippen LogP contribution in [0.3, 0.4) is 0 Å². The van der Waals surface area contributed by atoms with Gasteiger partial charge in [-0.15, -0.1) is 11.3 Å². The number of aromatic nitrogens is 1. The Morgan fingerprint density at radius 2 is 1.93 bits per heavy atom. The zero-order chi connectivity index (χ0) is 20.5. The first-order valence-corrected chi connectivity index (χ1v) is 9.49. The molecule has 0 fully saturated rings. The van der Waals surface area contributed by atoms with Crippen molar-refractivity contribution in [2.75, 3.05) is 5.32 Å². The highest BCUT2D eigenvalue weighted by atomic mass is 32.1. The number of hydrogen-bond donors (Lipinski definition) is 2. The topological polar surface area (TPSA) is 105 Å². The minimum atomic E-state index is -0.516. The second kappa shape index (κ2) is 7.33. The van der Waals surface area contributed by atoms with E-state index in [1.54, 1.807) is 19.1 Å². The first kappa shape index (κ1) is 18.6. The maximum absolute atomic E-state index is 12.6. The molecule has 1 heterocycles. The number of amides is 1. The summed E-state index contributed by atoms with van der Waals surface area (Å²) in [6, 6.07) is 16.6. The van der Waals surface area contributed by atoms with Gasteiger partial charge in [-0.3, -0.25) is 14.9 Å². The fourth-order valence-electron chi connectivity index (χ4n) is 2.92. The number of para-hydroxylation sites is 1. The fraction of sp³-hybridized carbons (Fsp3) is 0.0476. The van der Waals surface area contributed by atoms with Gasteiger partial charge in [0.05, 0.1) is 20.7 Å². The molecule has 0 saturated heterocycles. The van der Waals surface area contributed by atoms with E-state index in [4.69, 9.17) is 0 Å². The average Bonchev–Trinajstić information content (AvgIpc) is 3.13. The van der Waals surface area contributed by atoms with Crippen LogP contribution in [0.1, 0.15) is 15.9 Å². The molecular formula is C21H15N3O4S. The van der Waals surface area contributed by atoms with Crippen LogP contribution in [0.25, 0.3) is 20.8 Å². The van der Waals surface area contributed by atoms with E-state index >= 15 is 0 Å². The number of thiazole rings is 1. The first-order valence-electron chi connectivity index (χ1n) is 8.68. The number of phenolic OH excluding ortho intramolecular Hbond substituents is 1. The highest BCUT2D eigenvalue weighted by Gasteiger charge is 2.16. The van der Waals surface area contributed by atoms with Crippen molar-refractivity contribution in [2.24, 2.45) is 0 Å². The van der Waals surface area contributed by atoms with Gasteiger partial charge in [-0.25, -0.2) is 4.98 Å². The number of nitro groups is 1. The number of nitrogens with zero attached hydrogens (tertiary/aromatic N) is 2. The van der Waals surface area contributed by atoms with Gasteiger partial charge in [-0.1, -0.05) is 18.2 Å². The Kier molecular flexibility index (Phi) is 4.69. The Bertz CT molecular complexity index is 1230. The summed E-state index contributed by atoms with van der Waals surface area (Å²) in [5.41, 5.74) is 2.32. The summed E-state index contributed by atoms with van der Waals surface area (Å²) in [5, 5.41) is 24.7. The third-order valence-electron chi connectivity index (χ3n) is 4.45. The summed E-state index contributed by atoms with van der Waals surface area (Å²) >= 11 is 1.44. The van der Waals surface area contributed by atoms with Crippen molar-refractivity contribution in [1.29, 1.82) is 0 Å². The second-order valence-corrected chi connectivity index (χ2v) is 7.46. The van der Waals surface area contributed by atoms with Crippen LogP contribution in [0.2, 0.25) is 0 Å². The van der Waals surface area contributed by atoms with Crippen molar-refractivity contribution in [1.82, 2.24) is 4.98 Å². The number of benzene rings is 3. The van der Waals surface area contributed by atoms with Gasteiger partial charge in [-0.05, 0) is 43.3 Å². The average molecular weight is 405 g/mol. The standard InChI is InChI=1S/C21H15N3O4S/c1-12-6-7-13(10-17(12)24(27)28)20(26)22-14-8-9-18(25)15(11-14)21-23-16-4-2-3-5-19(16)29-21/h2-11,25H,1H3,(H,22,26). The van der Waals surface area contributed by atoms with Crippen molar-refractivity contribution in [2.45, 2.75) is 6.92 Å². The number of rotatable bonds is 4. The Morgan fingerprint density at radius 3 is 2.69 bits per heavy atom. The summed E-state index contributed by atoms with van der Waals surface area (Å²) in [6.07, 6.45) is 0. The lowest BCUT2D eigenvalue weighted by atomic mass is 10.1. The van der Waals surface area contributed by atoms with Crippen molar-refractivity contribution in [3.8, 4) is 16.3 Å². The Balaban J connectivity index is 1.65. The largest absolute Gasteiger partial charge is 0.507 e. The molecular weight excluding hydrogens is 390 g/mol. The third kappa shape index (κ3) is 3.65. The van der Waals surface area contributed by atoms with E-state index in [1.807, 2.05) is 24.3 Å². The zero-order valence-corrected chi connectivity index (χ0v) is 16.1. The molecule has 3 aromatic carbocycles. The van der Waals surface area contributed by atoms with Crippen LogP contribution >= 0.6 is 11.3 Å². The van der Waals surface area contributed by atoms with E-state index in [0.29, 0.717) is 21.8 Å². The van der Waals surface area contributed by atoms with Crippen molar-refractivity contribution in [3.05, 3.63) is 81.9 Å². The number of hydrogen-bond acceptors (Lipinski definition) is 6. The molecule has 0 saturated carbocycles.